The minimum atomic E-state index is 0. The van der Waals surface area contributed by atoms with Gasteiger partial charge in [0.2, 0.25) is 0 Å². The van der Waals surface area contributed by atoms with E-state index in [0.29, 0.717) is 11.8 Å². The molecule has 0 aliphatic heterocycles. The van der Waals surface area contributed by atoms with Crippen LogP contribution in [-0.4, -0.2) is 0 Å². The molecule has 0 spiro atoms. The van der Waals surface area contributed by atoms with Crippen molar-refractivity contribution in [2.45, 2.75) is 19.8 Å². The predicted molar refractivity (Wildman–Crippen MR) is 52.0 cm³/mol. The van der Waals surface area contributed by atoms with Gasteiger partial charge in [-0.2, -0.15) is 0 Å². The van der Waals surface area contributed by atoms with Gasteiger partial charge in [0.25, 0.3) is 0 Å². The third kappa shape index (κ3) is 3.52. The van der Waals surface area contributed by atoms with Crippen molar-refractivity contribution >= 4 is 6.08 Å². The van der Waals surface area contributed by atoms with Crippen LogP contribution in [0.15, 0.2) is 28.1 Å². The Morgan fingerprint density at radius 3 is 2.19 bits per heavy atom. The molecule has 0 radical (unpaired) electrons. The Morgan fingerprint density at radius 2 is 1.62 bits per heavy atom. The maximum absolute atomic E-state index is 2.32. The largest absolute Gasteiger partial charge is 1.00 e. The Bertz CT molecular complexity index is 361. The van der Waals surface area contributed by atoms with Crippen molar-refractivity contribution in [3.8, 4) is 0 Å². The Labute approximate surface area is 128 Å². The second-order valence-electron chi connectivity index (χ2n) is 3.95. The molecule has 0 saturated heterocycles. The van der Waals surface area contributed by atoms with Gasteiger partial charge in [0, 0.05) is 0 Å². The molecular weight excluding hydrogens is 298 g/mol. The molecule has 16 heavy (non-hydrogen) atoms. The van der Waals surface area contributed by atoms with Crippen molar-refractivity contribution in [3.05, 3.63) is 39.3 Å². The molecule has 0 amide bonds. The average Bonchev–Trinajstić information content (AvgIpc) is 2.39. The summed E-state index contributed by atoms with van der Waals surface area (Å²) in [5.41, 5.74) is 2.92. The average molecular weight is 311 g/mol. The van der Waals surface area contributed by atoms with Gasteiger partial charge in [-0.1, -0.05) is 0 Å². The number of allylic oxidation sites excluding steroid dienone is 1. The summed E-state index contributed by atoms with van der Waals surface area (Å²) in [5, 5.41) is 0. The number of hydrogen-bond donors (Lipinski definition) is 0. The van der Waals surface area contributed by atoms with Crippen LogP contribution in [0.2, 0.25) is 0 Å². The van der Waals surface area contributed by atoms with Crippen LogP contribution < -0.4 is 37.2 Å². The normalized spacial score (nSPS) is 16.6. The van der Waals surface area contributed by atoms with E-state index in [-0.39, 0.29) is 37.2 Å². The standard InChI is InChI=1S/C12H13.3ClH.Ti/c1-9(2)11-8-7-10-5-3-4-6-12(10)11;;;;/h3-7,9,11H,1-2H3;3*1H;/q;;;;+3/p-3. The summed E-state index contributed by atoms with van der Waals surface area (Å²) in [6, 6.07) is 8.72. The minimum absolute atomic E-state index is 0. The van der Waals surface area contributed by atoms with Gasteiger partial charge in [-0.25, -0.2) is 0 Å². The number of hydrogen-bond acceptors (Lipinski definition) is 0. The molecule has 0 N–H and O–H groups in total. The molecule has 0 fully saturated rings. The summed E-state index contributed by atoms with van der Waals surface area (Å²) in [6.07, 6.45) is 2.32. The Kier molecular flexibility index (Phi) is 9.20. The molecule has 1 aromatic rings. The van der Waals surface area contributed by atoms with Gasteiger partial charge >= 0.3 is 91.5 Å². The number of rotatable bonds is 1. The number of halogens is 3. The first-order valence-corrected chi connectivity index (χ1v) is 5.50. The summed E-state index contributed by atoms with van der Waals surface area (Å²) in [4.78, 5) is 0. The van der Waals surface area contributed by atoms with E-state index in [2.05, 4.69) is 64.6 Å². The molecule has 1 unspecified atom stereocenters. The van der Waals surface area contributed by atoms with Gasteiger partial charge in [0.15, 0.2) is 0 Å². The van der Waals surface area contributed by atoms with Crippen molar-refractivity contribution in [2.75, 3.05) is 0 Å². The summed E-state index contributed by atoms with van der Waals surface area (Å²) >= 11 is 2.24. The summed E-state index contributed by atoms with van der Waals surface area (Å²) in [7, 11) is 0. The minimum Gasteiger partial charge on any atom is -1.00 e. The van der Waals surface area contributed by atoms with E-state index in [1.807, 2.05) is 0 Å². The molecule has 0 saturated carbocycles. The van der Waals surface area contributed by atoms with Gasteiger partial charge in [0.05, 0.1) is 0 Å². The molecule has 0 nitrogen and oxygen atoms in total. The van der Waals surface area contributed by atoms with Crippen LogP contribution in [-0.2, 0) is 20.4 Å². The Hall–Kier alpha value is 0.544. The third-order valence-corrected chi connectivity index (χ3v) is 3.35. The monoisotopic (exact) mass is 310 g/mol. The van der Waals surface area contributed by atoms with Crippen LogP contribution in [0.4, 0.5) is 0 Å². The van der Waals surface area contributed by atoms with E-state index < -0.39 is 0 Å². The summed E-state index contributed by atoms with van der Waals surface area (Å²) < 4.78 is 1.51. The first kappa shape index (κ1) is 18.9. The molecule has 0 heterocycles. The molecule has 0 aromatic heterocycles. The molecule has 0 bridgehead atoms. The Balaban J connectivity index is 0. The zero-order chi connectivity index (χ0) is 9.42. The summed E-state index contributed by atoms with van der Waals surface area (Å²) in [6.45, 7) is 4.59. The molecule has 1 aliphatic carbocycles. The van der Waals surface area contributed by atoms with E-state index in [1.54, 1.807) is 0 Å². The Morgan fingerprint density at radius 1 is 1.06 bits per heavy atom. The van der Waals surface area contributed by atoms with E-state index in [9.17, 15) is 0 Å². The zero-order valence-electron chi connectivity index (χ0n) is 9.18. The molecule has 1 aromatic carbocycles. The fraction of sp³-hybridized carbons (Fsp3) is 0.333. The molecule has 4 heteroatoms. The number of fused-ring (bicyclic) bond motifs is 1. The van der Waals surface area contributed by atoms with Crippen molar-refractivity contribution in [3.63, 3.8) is 0 Å². The van der Waals surface area contributed by atoms with Crippen molar-refractivity contribution in [1.82, 2.24) is 0 Å². The van der Waals surface area contributed by atoms with Crippen LogP contribution in [0.1, 0.15) is 30.9 Å². The maximum Gasteiger partial charge on any atom is -1.00 e. The van der Waals surface area contributed by atoms with E-state index in [0.717, 1.165) is 0 Å². The van der Waals surface area contributed by atoms with Gasteiger partial charge in [-0.3, -0.25) is 0 Å². The van der Waals surface area contributed by atoms with Crippen molar-refractivity contribution < 1.29 is 57.7 Å². The van der Waals surface area contributed by atoms with Gasteiger partial charge in [-0.05, 0) is 0 Å². The van der Waals surface area contributed by atoms with Crippen LogP contribution in [0.3, 0.4) is 0 Å². The molecule has 1 atom stereocenters. The smallest absolute Gasteiger partial charge is 1.00 e. The zero-order valence-corrected chi connectivity index (χ0v) is 13.0. The second-order valence-corrected chi connectivity index (χ2v) is 4.85. The van der Waals surface area contributed by atoms with Gasteiger partial charge in [0.1, 0.15) is 0 Å². The first-order valence-electron chi connectivity index (χ1n) is 4.72. The van der Waals surface area contributed by atoms with Crippen LogP contribution in [0.25, 0.3) is 6.08 Å². The predicted octanol–water partition coefficient (Wildman–Crippen LogP) is -5.66. The second kappa shape index (κ2) is 7.79. The van der Waals surface area contributed by atoms with Gasteiger partial charge < -0.3 is 37.2 Å². The van der Waals surface area contributed by atoms with E-state index >= 15 is 0 Å². The van der Waals surface area contributed by atoms with Crippen LogP contribution in [0, 0.1) is 5.92 Å². The molecule has 86 valence electrons. The van der Waals surface area contributed by atoms with Crippen molar-refractivity contribution in [1.29, 1.82) is 0 Å². The van der Waals surface area contributed by atoms with Crippen LogP contribution >= 0.6 is 0 Å². The van der Waals surface area contributed by atoms with Crippen LogP contribution in [0.5, 0.6) is 0 Å². The van der Waals surface area contributed by atoms with E-state index in [4.69, 9.17) is 0 Å². The fourth-order valence-corrected chi connectivity index (χ4v) is 3.07. The quantitative estimate of drug-likeness (QED) is 0.454. The molecule has 1 aliphatic rings. The summed E-state index contributed by atoms with van der Waals surface area (Å²) in [5.74, 6) is 1.36. The SMILES string of the molecule is CC(C)C1[C]([Ti+3])=Cc2ccccc21.[Cl-].[Cl-].[Cl-]. The molecule has 2 rings (SSSR count). The third-order valence-electron chi connectivity index (χ3n) is 2.64. The van der Waals surface area contributed by atoms with Gasteiger partial charge in [-0.15, -0.1) is 0 Å². The molecular formula is C12H13Cl3Ti. The van der Waals surface area contributed by atoms with Crippen molar-refractivity contribution in [2.24, 2.45) is 5.92 Å². The maximum atomic E-state index is 2.32. The first-order chi connectivity index (χ1) is 6.20. The van der Waals surface area contributed by atoms with E-state index in [1.165, 1.54) is 15.0 Å². The number of benzene rings is 1. The fourth-order valence-electron chi connectivity index (χ4n) is 2.07. The topological polar surface area (TPSA) is 0 Å².